The van der Waals surface area contributed by atoms with Gasteiger partial charge in [-0.3, -0.25) is 0 Å². The van der Waals surface area contributed by atoms with Gasteiger partial charge in [0.1, 0.15) is 12.4 Å². The molecule has 0 aliphatic rings. The summed E-state index contributed by atoms with van der Waals surface area (Å²) >= 11 is 0. The largest absolute Gasteiger partial charge is 0.473 e. The van der Waals surface area contributed by atoms with E-state index in [1.807, 2.05) is 6.92 Å². The molecule has 0 saturated heterocycles. The van der Waals surface area contributed by atoms with Crippen molar-refractivity contribution in [2.45, 2.75) is 20.0 Å². The second-order valence-electron chi connectivity index (χ2n) is 5.42. The molecule has 0 saturated carbocycles. The number of hydrogen-bond acceptors (Lipinski definition) is 3. The van der Waals surface area contributed by atoms with E-state index in [4.69, 9.17) is 4.74 Å². The van der Waals surface area contributed by atoms with Crippen molar-refractivity contribution in [2.75, 3.05) is 0 Å². The maximum Gasteiger partial charge on any atom is 0.217 e. The van der Waals surface area contributed by atoms with Crippen molar-refractivity contribution in [3.05, 3.63) is 77.2 Å². The third-order valence-electron chi connectivity index (χ3n) is 3.59. The van der Waals surface area contributed by atoms with Crippen molar-refractivity contribution in [1.29, 1.82) is 0 Å². The van der Waals surface area contributed by atoms with Crippen LogP contribution in [0.5, 0.6) is 5.88 Å². The van der Waals surface area contributed by atoms with E-state index in [0.29, 0.717) is 29.3 Å². The summed E-state index contributed by atoms with van der Waals surface area (Å²) in [6.07, 6.45) is 0.665. The predicted molar refractivity (Wildman–Crippen MR) is 87.5 cm³/mol. The van der Waals surface area contributed by atoms with Crippen molar-refractivity contribution in [1.82, 2.24) is 9.97 Å². The van der Waals surface area contributed by atoms with Gasteiger partial charge < -0.3 is 4.74 Å². The van der Waals surface area contributed by atoms with E-state index in [1.165, 1.54) is 18.2 Å². The molecule has 128 valence electrons. The van der Waals surface area contributed by atoms with Crippen LogP contribution in [-0.2, 0) is 13.0 Å². The lowest BCUT2D eigenvalue weighted by Crippen LogP contribution is -2.02. The second-order valence-corrected chi connectivity index (χ2v) is 5.42. The molecule has 0 atom stereocenters. The Morgan fingerprint density at radius 3 is 2.32 bits per heavy atom. The SMILES string of the molecule is CCc1cc(OCc2ccc(F)c(F)c2)nc(-c2ccc(F)cc2)n1. The Labute approximate surface area is 143 Å². The van der Waals surface area contributed by atoms with Crippen LogP contribution in [0.15, 0.2) is 48.5 Å². The minimum absolute atomic E-state index is 0.0419. The Morgan fingerprint density at radius 2 is 1.64 bits per heavy atom. The van der Waals surface area contributed by atoms with Crippen LogP contribution >= 0.6 is 0 Å². The van der Waals surface area contributed by atoms with Gasteiger partial charge >= 0.3 is 0 Å². The molecule has 0 amide bonds. The molecule has 0 aliphatic carbocycles. The number of ether oxygens (including phenoxy) is 1. The summed E-state index contributed by atoms with van der Waals surface area (Å²) in [5.41, 5.74) is 1.91. The number of aryl methyl sites for hydroxylation is 1. The van der Waals surface area contributed by atoms with E-state index >= 15 is 0 Å². The quantitative estimate of drug-likeness (QED) is 0.673. The first-order valence-electron chi connectivity index (χ1n) is 7.76. The first kappa shape index (κ1) is 17.0. The van der Waals surface area contributed by atoms with Gasteiger partial charge in [0.15, 0.2) is 17.5 Å². The summed E-state index contributed by atoms with van der Waals surface area (Å²) in [6, 6.07) is 11.1. The van der Waals surface area contributed by atoms with Gasteiger partial charge in [-0.15, -0.1) is 0 Å². The van der Waals surface area contributed by atoms with Gasteiger partial charge in [-0.25, -0.2) is 18.2 Å². The Kier molecular flexibility index (Phi) is 4.97. The first-order valence-corrected chi connectivity index (χ1v) is 7.76. The topological polar surface area (TPSA) is 35.0 Å². The zero-order chi connectivity index (χ0) is 17.8. The van der Waals surface area contributed by atoms with Gasteiger partial charge in [0.2, 0.25) is 5.88 Å². The molecule has 0 radical (unpaired) electrons. The minimum atomic E-state index is -0.926. The van der Waals surface area contributed by atoms with Crippen molar-refractivity contribution in [2.24, 2.45) is 0 Å². The average Bonchev–Trinajstić information content (AvgIpc) is 2.63. The van der Waals surface area contributed by atoms with Crippen LogP contribution < -0.4 is 4.74 Å². The van der Waals surface area contributed by atoms with Gasteiger partial charge in [0.05, 0.1) is 0 Å². The molecule has 2 aromatic carbocycles. The fourth-order valence-corrected chi connectivity index (χ4v) is 2.24. The fraction of sp³-hybridized carbons (Fsp3) is 0.158. The highest BCUT2D eigenvalue weighted by Gasteiger charge is 2.09. The van der Waals surface area contributed by atoms with E-state index in [1.54, 1.807) is 18.2 Å². The molecular weight excluding hydrogens is 329 g/mol. The molecule has 3 aromatic rings. The minimum Gasteiger partial charge on any atom is -0.473 e. The van der Waals surface area contributed by atoms with Gasteiger partial charge in [0.25, 0.3) is 0 Å². The lowest BCUT2D eigenvalue weighted by atomic mass is 10.2. The highest BCUT2D eigenvalue weighted by atomic mass is 19.2. The van der Waals surface area contributed by atoms with Crippen LogP contribution in [0.1, 0.15) is 18.2 Å². The molecule has 25 heavy (non-hydrogen) atoms. The molecule has 0 bridgehead atoms. The van der Waals surface area contributed by atoms with Crippen LogP contribution in [-0.4, -0.2) is 9.97 Å². The molecule has 0 aliphatic heterocycles. The number of nitrogens with zero attached hydrogens (tertiary/aromatic N) is 2. The summed E-state index contributed by atoms with van der Waals surface area (Å²) in [5.74, 6) is -1.44. The third kappa shape index (κ3) is 4.15. The Morgan fingerprint density at radius 1 is 0.880 bits per heavy atom. The molecular formula is C19H15F3N2O. The Bertz CT molecular complexity index is 882. The zero-order valence-electron chi connectivity index (χ0n) is 13.5. The van der Waals surface area contributed by atoms with Gasteiger partial charge in [-0.05, 0) is 48.4 Å². The van der Waals surface area contributed by atoms with Gasteiger partial charge in [-0.2, -0.15) is 4.98 Å². The Hall–Kier alpha value is -2.89. The molecule has 0 unspecified atom stereocenters. The highest BCUT2D eigenvalue weighted by molar-refractivity contribution is 5.55. The molecule has 6 heteroatoms. The monoisotopic (exact) mass is 344 g/mol. The maximum atomic E-state index is 13.3. The van der Waals surface area contributed by atoms with Crippen molar-refractivity contribution in [3.8, 4) is 17.3 Å². The summed E-state index contributed by atoms with van der Waals surface area (Å²) in [5, 5.41) is 0. The number of benzene rings is 2. The number of hydrogen-bond donors (Lipinski definition) is 0. The van der Waals surface area contributed by atoms with Gasteiger partial charge in [-0.1, -0.05) is 13.0 Å². The lowest BCUT2D eigenvalue weighted by molar-refractivity contribution is 0.292. The van der Waals surface area contributed by atoms with Crippen molar-refractivity contribution < 1.29 is 17.9 Å². The fourth-order valence-electron chi connectivity index (χ4n) is 2.24. The van der Waals surface area contributed by atoms with Crippen molar-refractivity contribution in [3.63, 3.8) is 0 Å². The molecule has 3 nitrogen and oxygen atoms in total. The van der Waals surface area contributed by atoms with Crippen LogP contribution in [0.25, 0.3) is 11.4 Å². The Balaban J connectivity index is 1.84. The molecule has 0 fully saturated rings. The van der Waals surface area contributed by atoms with Crippen LogP contribution in [0.4, 0.5) is 13.2 Å². The molecule has 1 heterocycles. The van der Waals surface area contributed by atoms with E-state index in [2.05, 4.69) is 9.97 Å². The summed E-state index contributed by atoms with van der Waals surface area (Å²) in [4.78, 5) is 8.72. The lowest BCUT2D eigenvalue weighted by Gasteiger charge is -2.09. The van der Waals surface area contributed by atoms with Crippen LogP contribution in [0.3, 0.4) is 0 Å². The normalized spacial score (nSPS) is 10.7. The highest BCUT2D eigenvalue weighted by Crippen LogP contribution is 2.21. The number of halogens is 3. The molecule has 3 rings (SSSR count). The molecule has 0 N–H and O–H groups in total. The molecule has 1 aromatic heterocycles. The summed E-state index contributed by atoms with van der Waals surface area (Å²) < 4.78 is 44.9. The predicted octanol–water partition coefficient (Wildman–Crippen LogP) is 4.70. The van der Waals surface area contributed by atoms with E-state index in [0.717, 1.165) is 17.8 Å². The smallest absolute Gasteiger partial charge is 0.217 e. The van der Waals surface area contributed by atoms with E-state index in [-0.39, 0.29) is 12.4 Å². The van der Waals surface area contributed by atoms with Gasteiger partial charge in [0, 0.05) is 17.3 Å². The third-order valence-corrected chi connectivity index (χ3v) is 3.59. The van der Waals surface area contributed by atoms with Crippen LogP contribution in [0.2, 0.25) is 0 Å². The summed E-state index contributed by atoms with van der Waals surface area (Å²) in [6.45, 7) is 1.98. The van der Waals surface area contributed by atoms with E-state index in [9.17, 15) is 13.2 Å². The van der Waals surface area contributed by atoms with E-state index < -0.39 is 11.6 Å². The summed E-state index contributed by atoms with van der Waals surface area (Å²) in [7, 11) is 0. The number of rotatable bonds is 5. The maximum absolute atomic E-state index is 13.3. The second kappa shape index (κ2) is 7.34. The average molecular weight is 344 g/mol. The first-order chi connectivity index (χ1) is 12.0. The molecule has 0 spiro atoms. The zero-order valence-corrected chi connectivity index (χ0v) is 13.5. The van der Waals surface area contributed by atoms with Crippen LogP contribution in [0, 0.1) is 17.5 Å². The van der Waals surface area contributed by atoms with Crippen molar-refractivity contribution >= 4 is 0 Å². The number of aromatic nitrogens is 2. The standard InChI is InChI=1S/C19H15F3N2O/c1-2-15-10-18(25-11-12-3-8-16(21)17(22)9-12)24-19(23-15)13-4-6-14(20)7-5-13/h3-10H,2,11H2,1H3.